The van der Waals surface area contributed by atoms with Gasteiger partial charge in [0.15, 0.2) is 0 Å². The minimum Gasteiger partial charge on any atom is -0.508 e. The van der Waals surface area contributed by atoms with Gasteiger partial charge in [0.05, 0.1) is 0 Å². The van der Waals surface area contributed by atoms with E-state index in [1.807, 2.05) is 12.1 Å². The lowest BCUT2D eigenvalue weighted by Gasteiger charge is -2.26. The Morgan fingerprint density at radius 2 is 1.00 bits per heavy atom. The number of benzene rings is 4. The summed E-state index contributed by atoms with van der Waals surface area (Å²) >= 11 is 0. The number of phenols is 2. The summed E-state index contributed by atoms with van der Waals surface area (Å²) in [7, 11) is 0. The van der Waals surface area contributed by atoms with Crippen molar-refractivity contribution in [3.05, 3.63) is 119 Å². The number of fused-ring (bicyclic) bond motifs is 2. The molecule has 4 nitrogen and oxygen atoms in total. The summed E-state index contributed by atoms with van der Waals surface area (Å²) in [5, 5.41) is 18.8. The summed E-state index contributed by atoms with van der Waals surface area (Å²) in [4.78, 5) is 0. The van der Waals surface area contributed by atoms with Crippen LogP contribution < -0.4 is 9.47 Å². The Balaban J connectivity index is 0.000000148. The molecule has 6 heteroatoms. The van der Waals surface area contributed by atoms with Gasteiger partial charge in [0.1, 0.15) is 46.8 Å². The summed E-state index contributed by atoms with van der Waals surface area (Å²) in [6.07, 6.45) is 2.51. The smallest absolute Gasteiger partial charge is 0.130 e. The molecule has 0 amide bonds. The van der Waals surface area contributed by atoms with Gasteiger partial charge in [0.2, 0.25) is 0 Å². The number of ether oxygens (including phenoxy) is 2. The van der Waals surface area contributed by atoms with Gasteiger partial charge in [-0.05, 0) is 85.3 Å². The molecule has 0 saturated heterocycles. The number of phenolic OH excluding ortho intramolecular Hbond substituents is 2. The van der Waals surface area contributed by atoms with Gasteiger partial charge in [-0.15, -0.1) is 0 Å². The molecule has 0 saturated carbocycles. The van der Waals surface area contributed by atoms with E-state index in [1.165, 1.54) is 12.1 Å². The molecular formula is C30H26F2O4. The fraction of sp³-hybridized carbons (Fsp3) is 0.200. The lowest BCUT2D eigenvalue weighted by atomic mass is 9.97. The highest BCUT2D eigenvalue weighted by molar-refractivity contribution is 5.43. The fourth-order valence-corrected chi connectivity index (χ4v) is 4.66. The average Bonchev–Trinajstić information content (AvgIpc) is 2.89. The van der Waals surface area contributed by atoms with Crippen molar-refractivity contribution < 1.29 is 28.5 Å². The lowest BCUT2D eigenvalue weighted by Crippen LogP contribution is -2.16. The zero-order valence-electron chi connectivity index (χ0n) is 19.5. The third kappa shape index (κ3) is 5.13. The first-order valence-electron chi connectivity index (χ1n) is 11.9. The molecule has 36 heavy (non-hydrogen) atoms. The quantitative estimate of drug-likeness (QED) is 0.313. The monoisotopic (exact) mass is 488 g/mol. The van der Waals surface area contributed by atoms with Gasteiger partial charge >= 0.3 is 0 Å². The zero-order chi connectivity index (χ0) is 25.1. The molecule has 2 atom stereocenters. The Labute approximate surface area is 208 Å². The predicted molar refractivity (Wildman–Crippen MR) is 132 cm³/mol. The third-order valence-corrected chi connectivity index (χ3v) is 6.48. The van der Waals surface area contributed by atoms with Gasteiger partial charge in [-0.3, -0.25) is 0 Å². The molecule has 2 aliphatic rings. The highest BCUT2D eigenvalue weighted by Gasteiger charge is 2.24. The van der Waals surface area contributed by atoms with Crippen molar-refractivity contribution >= 4 is 0 Å². The van der Waals surface area contributed by atoms with Crippen LogP contribution in [0.4, 0.5) is 8.78 Å². The maximum absolute atomic E-state index is 13.7. The molecule has 2 aliphatic heterocycles. The molecule has 0 fully saturated rings. The van der Waals surface area contributed by atoms with Crippen molar-refractivity contribution in [2.75, 3.05) is 0 Å². The Bertz CT molecular complexity index is 1270. The standard InChI is InChI=1S/2C15H13FO2/c2*16-13-4-2-1-3-12(13)15-7-5-10-9-11(17)6-8-14(10)18-15/h2*1-4,6,8-9,15,17H,5,7H2. The molecule has 2 unspecified atom stereocenters. The third-order valence-electron chi connectivity index (χ3n) is 6.48. The van der Waals surface area contributed by atoms with Gasteiger partial charge in [0.25, 0.3) is 0 Å². The van der Waals surface area contributed by atoms with E-state index in [4.69, 9.17) is 9.47 Å². The highest BCUT2D eigenvalue weighted by atomic mass is 19.1. The lowest BCUT2D eigenvalue weighted by molar-refractivity contribution is 0.171. The van der Waals surface area contributed by atoms with Gasteiger partial charge in [-0.1, -0.05) is 36.4 Å². The maximum atomic E-state index is 13.7. The van der Waals surface area contributed by atoms with Crippen LogP contribution >= 0.6 is 0 Å². The van der Waals surface area contributed by atoms with Crippen LogP contribution in [-0.2, 0) is 12.8 Å². The Morgan fingerprint density at radius 3 is 1.42 bits per heavy atom. The van der Waals surface area contributed by atoms with E-state index in [9.17, 15) is 19.0 Å². The first kappa shape index (κ1) is 23.7. The van der Waals surface area contributed by atoms with Crippen molar-refractivity contribution in [3.8, 4) is 23.0 Å². The van der Waals surface area contributed by atoms with E-state index in [2.05, 4.69) is 0 Å². The molecule has 2 N–H and O–H groups in total. The normalized spacial score (nSPS) is 17.9. The van der Waals surface area contributed by atoms with Crippen molar-refractivity contribution in [1.29, 1.82) is 0 Å². The highest BCUT2D eigenvalue weighted by Crippen LogP contribution is 2.38. The second kappa shape index (κ2) is 10.3. The molecular weight excluding hydrogens is 462 g/mol. The van der Waals surface area contributed by atoms with Crippen molar-refractivity contribution in [1.82, 2.24) is 0 Å². The van der Waals surface area contributed by atoms with Gasteiger partial charge in [-0.2, -0.15) is 0 Å². The number of halogens is 2. The van der Waals surface area contributed by atoms with Crippen LogP contribution in [0.25, 0.3) is 0 Å². The van der Waals surface area contributed by atoms with Crippen LogP contribution in [0.2, 0.25) is 0 Å². The second-order valence-corrected chi connectivity index (χ2v) is 8.92. The first-order chi connectivity index (χ1) is 17.5. The van der Waals surface area contributed by atoms with Crippen molar-refractivity contribution in [3.63, 3.8) is 0 Å². The first-order valence-corrected chi connectivity index (χ1v) is 11.9. The summed E-state index contributed by atoms with van der Waals surface area (Å²) in [5.74, 6) is 1.47. The molecule has 4 aromatic rings. The van der Waals surface area contributed by atoms with Gasteiger partial charge in [0, 0.05) is 11.1 Å². The summed E-state index contributed by atoms with van der Waals surface area (Å²) < 4.78 is 39.0. The fourth-order valence-electron chi connectivity index (χ4n) is 4.66. The van der Waals surface area contributed by atoms with E-state index in [0.717, 1.165) is 48.3 Å². The molecule has 0 bridgehead atoms. The zero-order valence-corrected chi connectivity index (χ0v) is 19.5. The summed E-state index contributed by atoms with van der Waals surface area (Å²) in [6, 6.07) is 23.4. The van der Waals surface area contributed by atoms with Crippen LogP contribution in [0, 0.1) is 11.6 Å². The van der Waals surface area contributed by atoms with E-state index in [0.29, 0.717) is 11.1 Å². The largest absolute Gasteiger partial charge is 0.508 e. The molecule has 184 valence electrons. The van der Waals surface area contributed by atoms with Crippen LogP contribution in [0.5, 0.6) is 23.0 Å². The van der Waals surface area contributed by atoms with Crippen molar-refractivity contribution in [2.24, 2.45) is 0 Å². The Kier molecular flexibility index (Phi) is 6.76. The SMILES string of the molecule is Oc1ccc2c(c1)CCC(c1ccccc1F)O2.Oc1ccc2c(c1)CCC(c1ccccc1F)O2. The number of rotatable bonds is 2. The molecule has 6 rings (SSSR count). The van der Waals surface area contributed by atoms with Gasteiger partial charge < -0.3 is 19.7 Å². The summed E-state index contributed by atoms with van der Waals surface area (Å²) in [5.41, 5.74) is 3.14. The molecule has 0 aromatic heterocycles. The topological polar surface area (TPSA) is 58.9 Å². The molecule has 2 heterocycles. The van der Waals surface area contributed by atoms with Crippen LogP contribution in [0.3, 0.4) is 0 Å². The predicted octanol–water partition coefficient (Wildman–Crippen LogP) is 7.20. The Morgan fingerprint density at radius 1 is 0.583 bits per heavy atom. The van der Waals surface area contributed by atoms with E-state index in [1.54, 1.807) is 60.7 Å². The average molecular weight is 489 g/mol. The number of aromatic hydroxyl groups is 2. The molecule has 0 spiro atoms. The molecule has 4 aromatic carbocycles. The van der Waals surface area contributed by atoms with Crippen LogP contribution in [-0.4, -0.2) is 10.2 Å². The van der Waals surface area contributed by atoms with Crippen molar-refractivity contribution in [2.45, 2.75) is 37.9 Å². The number of hydrogen-bond acceptors (Lipinski definition) is 4. The minimum absolute atomic E-state index is 0.232. The minimum atomic E-state index is -0.247. The number of aryl methyl sites for hydroxylation is 2. The summed E-state index contributed by atoms with van der Waals surface area (Å²) in [6.45, 7) is 0. The van der Waals surface area contributed by atoms with E-state index in [-0.39, 0.29) is 35.3 Å². The van der Waals surface area contributed by atoms with E-state index < -0.39 is 0 Å². The maximum Gasteiger partial charge on any atom is 0.130 e. The molecule has 0 aliphatic carbocycles. The second-order valence-electron chi connectivity index (χ2n) is 8.92. The Hall–Kier alpha value is -4.06. The van der Waals surface area contributed by atoms with E-state index >= 15 is 0 Å². The van der Waals surface area contributed by atoms with Crippen LogP contribution in [0.1, 0.15) is 47.3 Å². The number of hydrogen-bond donors (Lipinski definition) is 2. The van der Waals surface area contributed by atoms with Crippen LogP contribution in [0.15, 0.2) is 84.9 Å². The molecule has 0 radical (unpaired) electrons. The van der Waals surface area contributed by atoms with Gasteiger partial charge in [-0.25, -0.2) is 8.78 Å².